The van der Waals surface area contributed by atoms with Crippen LogP contribution in [-0.4, -0.2) is 38.9 Å². The Kier molecular flexibility index (Phi) is 4.43. The van der Waals surface area contributed by atoms with Crippen molar-refractivity contribution >= 4 is 7.14 Å². The van der Waals surface area contributed by atoms with Crippen LogP contribution in [0.3, 0.4) is 0 Å². The van der Waals surface area contributed by atoms with E-state index in [1.54, 1.807) is 0 Å². The average molecular weight is 205 g/mol. The van der Waals surface area contributed by atoms with Crippen molar-refractivity contribution in [1.29, 1.82) is 0 Å². The summed E-state index contributed by atoms with van der Waals surface area (Å²) >= 11 is 0. The van der Waals surface area contributed by atoms with Gasteiger partial charge >= 0.3 is 0 Å². The molecule has 1 unspecified atom stereocenters. The maximum Gasteiger partial charge on any atom is 0.0967 e. The fourth-order valence-electron chi connectivity index (χ4n) is 1.54. The van der Waals surface area contributed by atoms with E-state index in [0.29, 0.717) is 12.8 Å². The van der Waals surface area contributed by atoms with Crippen molar-refractivity contribution in [3.05, 3.63) is 0 Å². The molecule has 0 aromatic carbocycles. The van der Waals surface area contributed by atoms with E-state index in [9.17, 15) is 4.57 Å². The lowest BCUT2D eigenvalue weighted by atomic mass is 10.1. The SMILES string of the molecule is CP(C)(=O)CCCC1CCOCN1. The zero-order chi connectivity index (χ0) is 9.73. The van der Waals surface area contributed by atoms with Crippen molar-refractivity contribution in [2.45, 2.75) is 25.3 Å². The molecular weight excluding hydrogens is 185 g/mol. The van der Waals surface area contributed by atoms with Crippen molar-refractivity contribution in [2.24, 2.45) is 0 Å². The molecule has 0 aliphatic carbocycles. The fourth-order valence-corrected chi connectivity index (χ4v) is 2.49. The molecule has 0 spiro atoms. The normalized spacial score (nSPS) is 24.6. The van der Waals surface area contributed by atoms with Crippen molar-refractivity contribution in [3.63, 3.8) is 0 Å². The van der Waals surface area contributed by atoms with Crippen LogP contribution in [0, 0.1) is 0 Å². The molecule has 0 radical (unpaired) electrons. The molecule has 0 aromatic heterocycles. The number of rotatable bonds is 4. The second-order valence-electron chi connectivity index (χ2n) is 4.18. The summed E-state index contributed by atoms with van der Waals surface area (Å²) in [5, 5.41) is 3.29. The topological polar surface area (TPSA) is 38.3 Å². The van der Waals surface area contributed by atoms with Gasteiger partial charge in [0.1, 0.15) is 0 Å². The van der Waals surface area contributed by atoms with Crippen LogP contribution < -0.4 is 5.32 Å². The Labute approximate surface area is 80.6 Å². The predicted molar refractivity (Wildman–Crippen MR) is 55.9 cm³/mol. The maximum atomic E-state index is 11.4. The highest BCUT2D eigenvalue weighted by molar-refractivity contribution is 7.62. The van der Waals surface area contributed by atoms with E-state index in [1.807, 2.05) is 13.3 Å². The molecule has 4 heteroatoms. The molecule has 13 heavy (non-hydrogen) atoms. The van der Waals surface area contributed by atoms with Crippen molar-refractivity contribution in [3.8, 4) is 0 Å². The van der Waals surface area contributed by atoms with Gasteiger partial charge in [0, 0.05) is 18.8 Å². The average Bonchev–Trinajstić information content (AvgIpc) is 2.04. The van der Waals surface area contributed by atoms with E-state index >= 15 is 0 Å². The standard InChI is InChI=1S/C9H20NO2P/c1-13(2,11)7-3-4-9-5-6-12-8-10-9/h9-10H,3-8H2,1-2H3. The number of hydrogen-bond donors (Lipinski definition) is 1. The Morgan fingerprint density at radius 1 is 1.54 bits per heavy atom. The van der Waals surface area contributed by atoms with Crippen LogP contribution in [-0.2, 0) is 9.30 Å². The van der Waals surface area contributed by atoms with E-state index in [1.165, 1.54) is 0 Å². The molecule has 1 fully saturated rings. The van der Waals surface area contributed by atoms with E-state index < -0.39 is 7.14 Å². The Balaban J connectivity index is 2.08. The number of ether oxygens (including phenoxy) is 1. The van der Waals surface area contributed by atoms with Gasteiger partial charge in [-0.3, -0.25) is 5.32 Å². The minimum Gasteiger partial charge on any atom is -0.366 e. The molecule has 3 nitrogen and oxygen atoms in total. The third-order valence-electron chi connectivity index (χ3n) is 2.33. The van der Waals surface area contributed by atoms with Gasteiger partial charge in [0.15, 0.2) is 0 Å². The van der Waals surface area contributed by atoms with Gasteiger partial charge in [-0.25, -0.2) is 0 Å². The van der Waals surface area contributed by atoms with Gasteiger partial charge in [-0.1, -0.05) is 0 Å². The molecule has 1 heterocycles. The van der Waals surface area contributed by atoms with Crippen LogP contribution in [0.1, 0.15) is 19.3 Å². The first-order chi connectivity index (χ1) is 6.08. The van der Waals surface area contributed by atoms with E-state index in [0.717, 1.165) is 32.0 Å². The Morgan fingerprint density at radius 2 is 2.31 bits per heavy atom. The summed E-state index contributed by atoms with van der Waals surface area (Å²) in [6, 6.07) is 0.584. The molecule has 0 bridgehead atoms. The van der Waals surface area contributed by atoms with Gasteiger partial charge in [0.25, 0.3) is 0 Å². The lowest BCUT2D eigenvalue weighted by molar-refractivity contribution is 0.0594. The van der Waals surface area contributed by atoms with Crippen LogP contribution in [0.25, 0.3) is 0 Å². The summed E-state index contributed by atoms with van der Waals surface area (Å²) in [4.78, 5) is 0. The van der Waals surface area contributed by atoms with Crippen molar-refractivity contribution in [1.82, 2.24) is 5.32 Å². The summed E-state index contributed by atoms with van der Waals surface area (Å²) < 4.78 is 16.6. The second kappa shape index (κ2) is 5.14. The minimum absolute atomic E-state index is 0.584. The highest BCUT2D eigenvalue weighted by Crippen LogP contribution is 2.36. The van der Waals surface area contributed by atoms with Gasteiger partial charge in [-0.05, 0) is 32.6 Å². The van der Waals surface area contributed by atoms with Gasteiger partial charge in [0.05, 0.1) is 13.9 Å². The summed E-state index contributed by atoms with van der Waals surface area (Å²) in [6.07, 6.45) is 4.18. The van der Waals surface area contributed by atoms with Crippen molar-refractivity contribution in [2.75, 3.05) is 32.8 Å². The Hall–Kier alpha value is 0.150. The summed E-state index contributed by atoms with van der Waals surface area (Å²) in [5.74, 6) is 0. The summed E-state index contributed by atoms with van der Waals surface area (Å²) in [5.41, 5.74) is 0. The molecular formula is C9H20NO2P. The molecule has 1 saturated heterocycles. The maximum absolute atomic E-state index is 11.4. The third kappa shape index (κ3) is 5.45. The van der Waals surface area contributed by atoms with Crippen LogP contribution in [0.15, 0.2) is 0 Å². The lowest BCUT2D eigenvalue weighted by Gasteiger charge is -2.23. The largest absolute Gasteiger partial charge is 0.366 e. The first-order valence-corrected chi connectivity index (χ1v) is 7.72. The molecule has 1 aliphatic rings. The van der Waals surface area contributed by atoms with Crippen LogP contribution in [0.4, 0.5) is 0 Å². The molecule has 0 amide bonds. The first kappa shape index (κ1) is 11.2. The predicted octanol–water partition coefficient (Wildman–Crippen LogP) is 1.73. The third-order valence-corrected chi connectivity index (χ3v) is 3.73. The zero-order valence-electron chi connectivity index (χ0n) is 8.58. The zero-order valence-corrected chi connectivity index (χ0v) is 9.48. The highest BCUT2D eigenvalue weighted by atomic mass is 31.2. The van der Waals surface area contributed by atoms with Crippen molar-refractivity contribution < 1.29 is 9.30 Å². The van der Waals surface area contributed by atoms with Gasteiger partial charge in [0.2, 0.25) is 0 Å². The minimum atomic E-state index is -1.79. The quantitative estimate of drug-likeness (QED) is 0.710. The molecule has 1 aliphatic heterocycles. The van der Waals surface area contributed by atoms with Crippen LogP contribution in [0.5, 0.6) is 0 Å². The van der Waals surface area contributed by atoms with E-state index in [-0.39, 0.29) is 0 Å². The number of nitrogens with one attached hydrogen (secondary N) is 1. The highest BCUT2D eigenvalue weighted by Gasteiger charge is 2.13. The van der Waals surface area contributed by atoms with Gasteiger partial charge < -0.3 is 9.30 Å². The Morgan fingerprint density at radius 3 is 2.85 bits per heavy atom. The van der Waals surface area contributed by atoms with Gasteiger partial charge in [-0.2, -0.15) is 0 Å². The smallest absolute Gasteiger partial charge is 0.0967 e. The van der Waals surface area contributed by atoms with Crippen LogP contribution >= 0.6 is 7.14 Å². The van der Waals surface area contributed by atoms with Crippen LogP contribution in [0.2, 0.25) is 0 Å². The lowest BCUT2D eigenvalue weighted by Crippen LogP contribution is -2.37. The summed E-state index contributed by atoms with van der Waals surface area (Å²) in [6.45, 7) is 5.28. The van der Waals surface area contributed by atoms with E-state index in [4.69, 9.17) is 4.74 Å². The molecule has 1 atom stereocenters. The monoisotopic (exact) mass is 205 g/mol. The first-order valence-electron chi connectivity index (χ1n) is 4.93. The van der Waals surface area contributed by atoms with Gasteiger partial charge in [-0.15, -0.1) is 0 Å². The molecule has 0 saturated carbocycles. The molecule has 1 rings (SSSR count). The second-order valence-corrected chi connectivity index (χ2v) is 7.78. The molecule has 1 N–H and O–H groups in total. The van der Waals surface area contributed by atoms with E-state index in [2.05, 4.69) is 5.32 Å². The number of hydrogen-bond acceptors (Lipinski definition) is 3. The fraction of sp³-hybridized carbons (Fsp3) is 1.00. The Bertz CT molecular complexity index is 184. The summed E-state index contributed by atoms with van der Waals surface area (Å²) in [7, 11) is -1.79. The molecule has 0 aromatic rings. The molecule has 78 valence electrons.